The van der Waals surface area contributed by atoms with Gasteiger partial charge in [-0.1, -0.05) is 62.9 Å². The summed E-state index contributed by atoms with van der Waals surface area (Å²) >= 11 is 0. The zero-order valence-corrected chi connectivity index (χ0v) is 13.5. The second-order valence-corrected chi connectivity index (χ2v) is 6.97. The Morgan fingerprint density at radius 1 is 1.10 bits per heavy atom. The van der Waals surface area contributed by atoms with E-state index in [-0.39, 0.29) is 0 Å². The number of hydrogen-bond donors (Lipinski definition) is 1. The summed E-state index contributed by atoms with van der Waals surface area (Å²) in [5.41, 5.74) is 2.94. The lowest BCUT2D eigenvalue weighted by molar-refractivity contribution is 0.294. The normalized spacial score (nSPS) is 18.4. The SMILES string of the molecule is Cc1cccc(C(CNCC(C)C)C2CCCCC2)c1. The van der Waals surface area contributed by atoms with Crippen LogP contribution >= 0.6 is 0 Å². The maximum Gasteiger partial charge on any atom is 0.00229 e. The smallest absolute Gasteiger partial charge is 0.00229 e. The van der Waals surface area contributed by atoms with Gasteiger partial charge in [0, 0.05) is 6.54 Å². The van der Waals surface area contributed by atoms with Gasteiger partial charge >= 0.3 is 0 Å². The average molecular weight is 273 g/mol. The molecule has 1 aromatic carbocycles. The average Bonchev–Trinajstić information content (AvgIpc) is 2.44. The van der Waals surface area contributed by atoms with E-state index in [1.165, 1.54) is 37.7 Å². The molecule has 0 spiro atoms. The molecule has 1 fully saturated rings. The van der Waals surface area contributed by atoms with Crippen LogP contribution < -0.4 is 5.32 Å². The van der Waals surface area contributed by atoms with E-state index >= 15 is 0 Å². The van der Waals surface area contributed by atoms with Gasteiger partial charge in [0.15, 0.2) is 0 Å². The third kappa shape index (κ3) is 4.63. The van der Waals surface area contributed by atoms with Gasteiger partial charge in [0.2, 0.25) is 0 Å². The molecule has 20 heavy (non-hydrogen) atoms. The molecule has 1 heteroatoms. The molecule has 1 N–H and O–H groups in total. The van der Waals surface area contributed by atoms with Crippen LogP contribution in [0.3, 0.4) is 0 Å². The van der Waals surface area contributed by atoms with E-state index in [4.69, 9.17) is 0 Å². The number of benzene rings is 1. The first-order chi connectivity index (χ1) is 9.66. The van der Waals surface area contributed by atoms with Crippen LogP contribution in [-0.4, -0.2) is 13.1 Å². The minimum absolute atomic E-state index is 0.703. The van der Waals surface area contributed by atoms with Crippen molar-refractivity contribution < 1.29 is 0 Å². The van der Waals surface area contributed by atoms with Crippen LogP contribution in [0, 0.1) is 18.8 Å². The third-order valence-corrected chi connectivity index (χ3v) is 4.61. The molecule has 1 atom stereocenters. The van der Waals surface area contributed by atoms with Gasteiger partial charge in [-0.2, -0.15) is 0 Å². The first-order valence-electron chi connectivity index (χ1n) is 8.44. The molecular formula is C19H31N. The quantitative estimate of drug-likeness (QED) is 0.777. The molecule has 0 bridgehead atoms. The van der Waals surface area contributed by atoms with E-state index in [9.17, 15) is 0 Å². The van der Waals surface area contributed by atoms with Crippen LogP contribution in [0.5, 0.6) is 0 Å². The van der Waals surface area contributed by atoms with E-state index in [1.54, 1.807) is 5.56 Å². The predicted molar refractivity (Wildman–Crippen MR) is 88.2 cm³/mol. The number of hydrogen-bond acceptors (Lipinski definition) is 1. The van der Waals surface area contributed by atoms with Crippen molar-refractivity contribution in [2.45, 2.75) is 58.8 Å². The van der Waals surface area contributed by atoms with E-state index in [0.29, 0.717) is 5.92 Å². The van der Waals surface area contributed by atoms with Gasteiger partial charge in [0.05, 0.1) is 0 Å². The first kappa shape index (κ1) is 15.6. The second-order valence-electron chi connectivity index (χ2n) is 6.97. The maximum absolute atomic E-state index is 3.70. The van der Waals surface area contributed by atoms with E-state index in [1.807, 2.05) is 0 Å². The second kappa shape index (κ2) is 7.83. The summed E-state index contributed by atoms with van der Waals surface area (Å²) in [6, 6.07) is 9.17. The van der Waals surface area contributed by atoms with E-state index < -0.39 is 0 Å². The van der Waals surface area contributed by atoms with Gasteiger partial charge < -0.3 is 5.32 Å². The van der Waals surface area contributed by atoms with E-state index in [0.717, 1.165) is 24.9 Å². The maximum atomic E-state index is 3.70. The van der Waals surface area contributed by atoms with Gasteiger partial charge in [-0.05, 0) is 49.6 Å². The molecule has 0 aliphatic heterocycles. The highest BCUT2D eigenvalue weighted by molar-refractivity contribution is 5.26. The monoisotopic (exact) mass is 273 g/mol. The molecule has 0 saturated heterocycles. The van der Waals surface area contributed by atoms with Crippen molar-refractivity contribution in [1.29, 1.82) is 0 Å². The highest BCUT2D eigenvalue weighted by Gasteiger charge is 2.24. The fraction of sp³-hybridized carbons (Fsp3) is 0.684. The third-order valence-electron chi connectivity index (χ3n) is 4.61. The fourth-order valence-electron chi connectivity index (χ4n) is 3.52. The Labute approximate surface area is 125 Å². The zero-order chi connectivity index (χ0) is 14.4. The molecule has 0 radical (unpaired) electrons. The van der Waals surface area contributed by atoms with Crippen molar-refractivity contribution >= 4 is 0 Å². The predicted octanol–water partition coefficient (Wildman–Crippen LogP) is 4.90. The minimum Gasteiger partial charge on any atom is -0.316 e. The number of nitrogens with one attached hydrogen (secondary N) is 1. The Morgan fingerprint density at radius 3 is 2.50 bits per heavy atom. The van der Waals surface area contributed by atoms with Crippen LogP contribution in [0.1, 0.15) is 63.0 Å². The Bertz CT molecular complexity index is 391. The van der Waals surface area contributed by atoms with Crippen molar-refractivity contribution in [3.63, 3.8) is 0 Å². The van der Waals surface area contributed by atoms with Crippen molar-refractivity contribution in [2.75, 3.05) is 13.1 Å². The van der Waals surface area contributed by atoms with Crippen LogP contribution in [0.4, 0.5) is 0 Å². The van der Waals surface area contributed by atoms with Crippen molar-refractivity contribution in [2.24, 2.45) is 11.8 Å². The largest absolute Gasteiger partial charge is 0.316 e. The summed E-state index contributed by atoms with van der Waals surface area (Å²) < 4.78 is 0. The highest BCUT2D eigenvalue weighted by atomic mass is 14.9. The van der Waals surface area contributed by atoms with Crippen LogP contribution in [0.2, 0.25) is 0 Å². The summed E-state index contributed by atoms with van der Waals surface area (Å²) in [6.45, 7) is 9.06. The molecular weight excluding hydrogens is 242 g/mol. The first-order valence-corrected chi connectivity index (χ1v) is 8.44. The molecule has 1 unspecified atom stereocenters. The van der Waals surface area contributed by atoms with Crippen molar-refractivity contribution in [1.82, 2.24) is 5.32 Å². The Morgan fingerprint density at radius 2 is 1.85 bits per heavy atom. The molecule has 1 aromatic rings. The lowest BCUT2D eigenvalue weighted by Gasteiger charge is -2.31. The number of aryl methyl sites for hydroxylation is 1. The van der Waals surface area contributed by atoms with Crippen LogP contribution in [-0.2, 0) is 0 Å². The van der Waals surface area contributed by atoms with Gasteiger partial charge in [-0.3, -0.25) is 0 Å². The summed E-state index contributed by atoms with van der Waals surface area (Å²) in [7, 11) is 0. The Kier molecular flexibility index (Phi) is 6.09. The van der Waals surface area contributed by atoms with Crippen LogP contribution in [0.15, 0.2) is 24.3 Å². The molecule has 0 heterocycles. The molecule has 2 rings (SSSR count). The lowest BCUT2D eigenvalue weighted by Crippen LogP contribution is -2.30. The molecule has 0 aromatic heterocycles. The molecule has 0 amide bonds. The summed E-state index contributed by atoms with van der Waals surface area (Å²) in [5.74, 6) is 2.32. The standard InChI is InChI=1S/C19H31N/c1-15(2)13-20-14-19(17-9-5-4-6-10-17)18-11-7-8-16(3)12-18/h7-8,11-12,15,17,19-20H,4-6,9-10,13-14H2,1-3H3. The molecule has 1 saturated carbocycles. The molecule has 1 aliphatic carbocycles. The summed E-state index contributed by atoms with van der Waals surface area (Å²) in [4.78, 5) is 0. The highest BCUT2D eigenvalue weighted by Crippen LogP contribution is 2.36. The minimum atomic E-state index is 0.703. The van der Waals surface area contributed by atoms with Crippen molar-refractivity contribution in [3.05, 3.63) is 35.4 Å². The summed E-state index contributed by atoms with van der Waals surface area (Å²) in [5, 5.41) is 3.70. The Balaban J connectivity index is 2.06. The van der Waals surface area contributed by atoms with Gasteiger partial charge in [0.1, 0.15) is 0 Å². The molecule has 1 nitrogen and oxygen atoms in total. The molecule has 112 valence electrons. The number of rotatable bonds is 6. The lowest BCUT2D eigenvalue weighted by atomic mass is 9.76. The van der Waals surface area contributed by atoms with Gasteiger partial charge in [0.25, 0.3) is 0 Å². The topological polar surface area (TPSA) is 12.0 Å². The van der Waals surface area contributed by atoms with E-state index in [2.05, 4.69) is 50.4 Å². The van der Waals surface area contributed by atoms with Gasteiger partial charge in [-0.15, -0.1) is 0 Å². The van der Waals surface area contributed by atoms with Gasteiger partial charge in [-0.25, -0.2) is 0 Å². The van der Waals surface area contributed by atoms with Crippen LogP contribution in [0.25, 0.3) is 0 Å². The van der Waals surface area contributed by atoms with Crippen molar-refractivity contribution in [3.8, 4) is 0 Å². The summed E-state index contributed by atoms with van der Waals surface area (Å²) in [6.07, 6.45) is 7.13. The fourth-order valence-corrected chi connectivity index (χ4v) is 3.52. The molecule has 1 aliphatic rings. The zero-order valence-electron chi connectivity index (χ0n) is 13.5. The Hall–Kier alpha value is -0.820.